The standard InChI is InChI=1S/C20H27N3O2/c1-13-8-10-23(11-9-13)18-7-6-16(22-19(24)14-2-3-14)12-17(18)20(25)21-15-4-5-15/h6-7,12-15H,2-5,8-11H2,1H3,(H,21,25)(H,22,24). The molecule has 0 atom stereocenters. The Labute approximate surface area is 149 Å². The number of rotatable bonds is 5. The molecule has 2 amide bonds. The zero-order valence-electron chi connectivity index (χ0n) is 14.9. The van der Waals surface area contributed by atoms with Crippen LogP contribution in [0.4, 0.5) is 11.4 Å². The van der Waals surface area contributed by atoms with E-state index >= 15 is 0 Å². The molecule has 3 aliphatic rings. The van der Waals surface area contributed by atoms with Crippen molar-refractivity contribution in [1.29, 1.82) is 0 Å². The average Bonchev–Trinajstić information content (AvgIpc) is 3.49. The van der Waals surface area contributed by atoms with Gasteiger partial charge in [-0.3, -0.25) is 9.59 Å². The van der Waals surface area contributed by atoms with E-state index in [-0.39, 0.29) is 17.7 Å². The minimum absolute atomic E-state index is 0.0151. The van der Waals surface area contributed by atoms with Crippen LogP contribution in [0.25, 0.3) is 0 Å². The largest absolute Gasteiger partial charge is 0.371 e. The third kappa shape index (κ3) is 3.97. The molecule has 1 aromatic rings. The first-order valence-electron chi connectivity index (χ1n) is 9.61. The Balaban J connectivity index is 1.57. The van der Waals surface area contributed by atoms with Gasteiger partial charge in [0.25, 0.3) is 5.91 Å². The first-order valence-corrected chi connectivity index (χ1v) is 9.61. The summed E-state index contributed by atoms with van der Waals surface area (Å²) in [4.78, 5) is 27.1. The molecule has 4 rings (SSSR count). The first-order chi connectivity index (χ1) is 12.1. The Bertz CT molecular complexity index is 672. The number of hydrogen-bond acceptors (Lipinski definition) is 3. The summed E-state index contributed by atoms with van der Waals surface area (Å²) in [5.74, 6) is 0.968. The van der Waals surface area contributed by atoms with E-state index in [1.807, 2.05) is 18.2 Å². The maximum Gasteiger partial charge on any atom is 0.253 e. The minimum Gasteiger partial charge on any atom is -0.371 e. The van der Waals surface area contributed by atoms with E-state index in [2.05, 4.69) is 22.5 Å². The molecule has 5 nitrogen and oxygen atoms in total. The summed E-state index contributed by atoms with van der Waals surface area (Å²) in [7, 11) is 0. The molecule has 1 heterocycles. The topological polar surface area (TPSA) is 61.4 Å². The maximum atomic E-state index is 12.8. The molecule has 3 fully saturated rings. The van der Waals surface area contributed by atoms with Gasteiger partial charge in [-0.1, -0.05) is 6.92 Å². The van der Waals surface area contributed by atoms with Gasteiger partial charge < -0.3 is 15.5 Å². The lowest BCUT2D eigenvalue weighted by Crippen LogP contribution is -2.35. The normalized spacial score (nSPS) is 21.1. The number of nitrogens with one attached hydrogen (secondary N) is 2. The van der Waals surface area contributed by atoms with Crippen LogP contribution in [0.5, 0.6) is 0 Å². The summed E-state index contributed by atoms with van der Waals surface area (Å²) in [5.41, 5.74) is 2.41. The van der Waals surface area contributed by atoms with Crippen LogP contribution in [-0.2, 0) is 4.79 Å². The van der Waals surface area contributed by atoms with Crippen LogP contribution in [0.3, 0.4) is 0 Å². The summed E-state index contributed by atoms with van der Waals surface area (Å²) in [6, 6.07) is 6.11. The molecule has 1 aromatic carbocycles. The number of carbonyl (C=O) groups excluding carboxylic acids is 2. The summed E-state index contributed by atoms with van der Waals surface area (Å²) in [5, 5.41) is 6.06. The second-order valence-electron chi connectivity index (χ2n) is 7.91. The van der Waals surface area contributed by atoms with Crippen molar-refractivity contribution in [3.63, 3.8) is 0 Å². The average molecular weight is 341 g/mol. The second kappa shape index (κ2) is 6.70. The highest BCUT2D eigenvalue weighted by Crippen LogP contribution is 2.32. The van der Waals surface area contributed by atoms with Crippen LogP contribution in [0, 0.1) is 11.8 Å². The molecule has 2 N–H and O–H groups in total. The lowest BCUT2D eigenvalue weighted by atomic mass is 9.97. The van der Waals surface area contributed by atoms with Crippen molar-refractivity contribution in [2.24, 2.45) is 11.8 Å². The first kappa shape index (κ1) is 16.4. The summed E-state index contributed by atoms with van der Waals surface area (Å²) >= 11 is 0. The van der Waals surface area contributed by atoms with Crippen molar-refractivity contribution < 1.29 is 9.59 Å². The number of hydrogen-bond donors (Lipinski definition) is 2. The number of amides is 2. The van der Waals surface area contributed by atoms with E-state index in [1.165, 1.54) is 0 Å². The number of benzene rings is 1. The molecule has 2 aliphatic carbocycles. The van der Waals surface area contributed by atoms with Gasteiger partial charge in [-0.2, -0.15) is 0 Å². The Hall–Kier alpha value is -2.04. The van der Waals surface area contributed by atoms with Crippen molar-refractivity contribution in [2.75, 3.05) is 23.3 Å². The molecule has 25 heavy (non-hydrogen) atoms. The lowest BCUT2D eigenvalue weighted by molar-refractivity contribution is -0.117. The molecule has 2 saturated carbocycles. The fourth-order valence-electron chi connectivity index (χ4n) is 3.40. The van der Waals surface area contributed by atoms with E-state index in [0.29, 0.717) is 11.6 Å². The Morgan fingerprint density at radius 3 is 2.40 bits per heavy atom. The molecule has 1 saturated heterocycles. The molecule has 0 spiro atoms. The van der Waals surface area contributed by atoms with Crippen LogP contribution in [0.2, 0.25) is 0 Å². The van der Waals surface area contributed by atoms with Crippen LogP contribution < -0.4 is 15.5 Å². The Morgan fingerprint density at radius 2 is 1.76 bits per heavy atom. The fourth-order valence-corrected chi connectivity index (χ4v) is 3.40. The lowest BCUT2D eigenvalue weighted by Gasteiger charge is -2.33. The van der Waals surface area contributed by atoms with Gasteiger partial charge in [0.15, 0.2) is 0 Å². The van der Waals surface area contributed by atoms with Gasteiger partial charge >= 0.3 is 0 Å². The smallest absolute Gasteiger partial charge is 0.253 e. The monoisotopic (exact) mass is 341 g/mol. The third-order valence-corrected chi connectivity index (χ3v) is 5.49. The van der Waals surface area contributed by atoms with Gasteiger partial charge in [0, 0.05) is 36.4 Å². The van der Waals surface area contributed by atoms with E-state index in [9.17, 15) is 9.59 Å². The molecule has 0 unspecified atom stereocenters. The number of piperidine rings is 1. The molecule has 134 valence electrons. The Kier molecular flexibility index (Phi) is 4.40. The van der Waals surface area contributed by atoms with Gasteiger partial charge in [0.2, 0.25) is 5.91 Å². The molecule has 0 radical (unpaired) electrons. The summed E-state index contributed by atoms with van der Waals surface area (Å²) < 4.78 is 0. The molecule has 0 aromatic heterocycles. The van der Waals surface area contributed by atoms with Crippen LogP contribution in [0.1, 0.15) is 55.8 Å². The van der Waals surface area contributed by atoms with Gasteiger partial charge in [0.05, 0.1) is 5.56 Å². The van der Waals surface area contributed by atoms with Crippen molar-refractivity contribution >= 4 is 23.2 Å². The van der Waals surface area contributed by atoms with Crippen molar-refractivity contribution in [1.82, 2.24) is 5.32 Å². The van der Waals surface area contributed by atoms with E-state index in [1.54, 1.807) is 0 Å². The summed E-state index contributed by atoms with van der Waals surface area (Å²) in [6.45, 7) is 4.26. The number of nitrogens with zero attached hydrogens (tertiary/aromatic N) is 1. The highest BCUT2D eigenvalue weighted by Gasteiger charge is 2.30. The third-order valence-electron chi connectivity index (χ3n) is 5.49. The van der Waals surface area contributed by atoms with Crippen LogP contribution >= 0.6 is 0 Å². The predicted octanol–water partition coefficient (Wildman–Crippen LogP) is 3.16. The number of carbonyl (C=O) groups is 2. The van der Waals surface area contributed by atoms with E-state index in [0.717, 1.165) is 68.9 Å². The van der Waals surface area contributed by atoms with Gasteiger partial charge in [-0.05, 0) is 62.6 Å². The fraction of sp³-hybridized carbons (Fsp3) is 0.600. The SMILES string of the molecule is CC1CCN(c2ccc(NC(=O)C3CC3)cc2C(=O)NC2CC2)CC1. The van der Waals surface area contributed by atoms with Crippen molar-refractivity contribution in [3.05, 3.63) is 23.8 Å². The van der Waals surface area contributed by atoms with Crippen molar-refractivity contribution in [3.8, 4) is 0 Å². The molecule has 0 bridgehead atoms. The molecular formula is C20H27N3O2. The zero-order chi connectivity index (χ0) is 17.4. The van der Waals surface area contributed by atoms with Gasteiger partial charge in [-0.15, -0.1) is 0 Å². The van der Waals surface area contributed by atoms with E-state index < -0.39 is 0 Å². The van der Waals surface area contributed by atoms with Crippen LogP contribution in [-0.4, -0.2) is 30.9 Å². The zero-order valence-corrected chi connectivity index (χ0v) is 14.9. The molecular weight excluding hydrogens is 314 g/mol. The predicted molar refractivity (Wildman–Crippen MR) is 98.9 cm³/mol. The maximum absolute atomic E-state index is 12.8. The summed E-state index contributed by atoms with van der Waals surface area (Å²) in [6.07, 6.45) is 6.41. The minimum atomic E-state index is -0.0151. The highest BCUT2D eigenvalue weighted by molar-refractivity contribution is 6.02. The molecule has 1 aliphatic heterocycles. The number of anilines is 2. The molecule has 5 heteroatoms. The van der Waals surface area contributed by atoms with Gasteiger partial charge in [0.1, 0.15) is 0 Å². The quantitative estimate of drug-likeness (QED) is 0.865. The van der Waals surface area contributed by atoms with E-state index in [4.69, 9.17) is 0 Å². The second-order valence-corrected chi connectivity index (χ2v) is 7.91. The van der Waals surface area contributed by atoms with Gasteiger partial charge in [-0.25, -0.2) is 0 Å². The Morgan fingerprint density at radius 1 is 1.04 bits per heavy atom. The van der Waals surface area contributed by atoms with Crippen LogP contribution in [0.15, 0.2) is 18.2 Å². The highest BCUT2D eigenvalue weighted by atomic mass is 16.2. The van der Waals surface area contributed by atoms with Crippen molar-refractivity contribution in [2.45, 2.75) is 51.5 Å².